The lowest BCUT2D eigenvalue weighted by molar-refractivity contribution is 0.0350. The van der Waals surface area contributed by atoms with Gasteiger partial charge in [0.2, 0.25) is 0 Å². The molecule has 1 rings (SSSR count). The highest BCUT2D eigenvalue weighted by molar-refractivity contribution is 5.67. The van der Waals surface area contributed by atoms with E-state index >= 15 is 0 Å². The predicted octanol–water partition coefficient (Wildman–Crippen LogP) is 0.598. The van der Waals surface area contributed by atoms with Crippen LogP contribution in [0.1, 0.15) is 19.8 Å². The van der Waals surface area contributed by atoms with Crippen LogP contribution in [-0.4, -0.2) is 41.9 Å². The zero-order valence-corrected chi connectivity index (χ0v) is 7.49. The summed E-state index contributed by atoms with van der Waals surface area (Å²) in [7, 11) is 1.36. The zero-order valence-electron chi connectivity index (χ0n) is 7.49. The summed E-state index contributed by atoms with van der Waals surface area (Å²) in [5.41, 5.74) is 0. The van der Waals surface area contributed by atoms with Crippen LogP contribution in [0.3, 0.4) is 0 Å². The highest BCUT2D eigenvalue weighted by Gasteiger charge is 2.28. The highest BCUT2D eigenvalue weighted by atomic mass is 16.5. The van der Waals surface area contributed by atoms with Crippen molar-refractivity contribution in [2.45, 2.75) is 31.9 Å². The van der Waals surface area contributed by atoms with E-state index in [1.165, 1.54) is 7.11 Å². The van der Waals surface area contributed by atoms with Gasteiger partial charge < -0.3 is 14.7 Å². The molecule has 1 unspecified atom stereocenters. The number of carbonyl (C=O) groups is 1. The van der Waals surface area contributed by atoms with Crippen LogP contribution in [0.15, 0.2) is 0 Å². The molecule has 2 atom stereocenters. The van der Waals surface area contributed by atoms with Gasteiger partial charge in [0.25, 0.3) is 0 Å². The summed E-state index contributed by atoms with van der Waals surface area (Å²) in [6.45, 7) is 2.36. The second-order valence-electron chi connectivity index (χ2n) is 3.20. The Kier molecular flexibility index (Phi) is 2.92. The summed E-state index contributed by atoms with van der Waals surface area (Å²) in [5, 5.41) is 9.29. The van der Waals surface area contributed by atoms with Gasteiger partial charge >= 0.3 is 6.09 Å². The Labute approximate surface area is 72.1 Å². The standard InChI is InChI=1S/C8H15NO3/c1-6-3-4-7(10)5-9(6)8(11)12-2/h6-7,10H,3-5H2,1-2H3/t6?,7-/m1/s1. The molecule has 12 heavy (non-hydrogen) atoms. The lowest BCUT2D eigenvalue weighted by Crippen LogP contribution is -2.47. The minimum absolute atomic E-state index is 0.181. The molecule has 4 nitrogen and oxygen atoms in total. The maximum Gasteiger partial charge on any atom is 0.409 e. The molecule has 1 aliphatic heterocycles. The van der Waals surface area contributed by atoms with Gasteiger partial charge in [-0.05, 0) is 19.8 Å². The molecule has 0 aromatic heterocycles. The minimum atomic E-state index is -0.389. The normalized spacial score (nSPS) is 30.1. The van der Waals surface area contributed by atoms with Crippen LogP contribution in [0.2, 0.25) is 0 Å². The van der Waals surface area contributed by atoms with Crippen molar-refractivity contribution < 1.29 is 14.6 Å². The first-order valence-electron chi connectivity index (χ1n) is 4.17. The quantitative estimate of drug-likeness (QED) is 0.583. The van der Waals surface area contributed by atoms with Crippen molar-refractivity contribution >= 4 is 6.09 Å². The third-order valence-electron chi connectivity index (χ3n) is 2.27. The van der Waals surface area contributed by atoms with Gasteiger partial charge in [-0.15, -0.1) is 0 Å². The first-order chi connectivity index (χ1) is 5.65. The molecular weight excluding hydrogens is 158 g/mol. The Morgan fingerprint density at radius 3 is 2.83 bits per heavy atom. The molecule has 1 heterocycles. The third kappa shape index (κ3) is 1.88. The van der Waals surface area contributed by atoms with Gasteiger partial charge in [-0.25, -0.2) is 4.79 Å². The molecule has 0 bridgehead atoms. The Morgan fingerprint density at radius 1 is 1.58 bits per heavy atom. The number of piperidine rings is 1. The molecule has 0 spiro atoms. The molecule has 1 amide bonds. The summed E-state index contributed by atoms with van der Waals surface area (Å²) in [4.78, 5) is 12.7. The Bertz CT molecular complexity index is 172. The molecule has 70 valence electrons. The van der Waals surface area contributed by atoms with E-state index in [4.69, 9.17) is 0 Å². The molecule has 0 saturated carbocycles. The van der Waals surface area contributed by atoms with Gasteiger partial charge in [-0.3, -0.25) is 0 Å². The monoisotopic (exact) mass is 173 g/mol. The van der Waals surface area contributed by atoms with Crippen LogP contribution in [0.4, 0.5) is 4.79 Å². The van der Waals surface area contributed by atoms with Crippen LogP contribution >= 0.6 is 0 Å². The maximum absolute atomic E-state index is 11.1. The van der Waals surface area contributed by atoms with Crippen molar-refractivity contribution in [1.82, 2.24) is 4.90 Å². The Balaban J connectivity index is 2.54. The zero-order chi connectivity index (χ0) is 9.14. The van der Waals surface area contributed by atoms with Crippen LogP contribution in [0, 0.1) is 0 Å². The number of rotatable bonds is 0. The van der Waals surface area contributed by atoms with E-state index in [1.54, 1.807) is 4.90 Å². The van der Waals surface area contributed by atoms with E-state index in [2.05, 4.69) is 4.74 Å². The summed E-state index contributed by atoms with van der Waals surface area (Å²) in [6, 6.07) is 0.181. The van der Waals surface area contributed by atoms with Gasteiger partial charge in [-0.1, -0.05) is 0 Å². The third-order valence-corrected chi connectivity index (χ3v) is 2.27. The number of ether oxygens (including phenoxy) is 1. The number of hydrogen-bond acceptors (Lipinski definition) is 3. The molecule has 0 aromatic carbocycles. The van der Waals surface area contributed by atoms with Crippen molar-refractivity contribution in [2.75, 3.05) is 13.7 Å². The number of β-amino-alcohol motifs (C(OH)–C–C–N with tert-alkyl or cyclic N) is 1. The van der Waals surface area contributed by atoms with Gasteiger partial charge in [0, 0.05) is 6.04 Å². The lowest BCUT2D eigenvalue weighted by Gasteiger charge is -2.34. The molecule has 0 aliphatic carbocycles. The first kappa shape index (κ1) is 9.32. The number of hydrogen-bond donors (Lipinski definition) is 1. The SMILES string of the molecule is COC(=O)N1C[C@H](O)CCC1C. The smallest absolute Gasteiger partial charge is 0.409 e. The van der Waals surface area contributed by atoms with Crippen LogP contribution < -0.4 is 0 Å². The van der Waals surface area contributed by atoms with Crippen molar-refractivity contribution in [1.29, 1.82) is 0 Å². The number of aliphatic hydroxyl groups is 1. The molecule has 0 aromatic rings. The topological polar surface area (TPSA) is 49.8 Å². The molecule has 1 N–H and O–H groups in total. The van der Waals surface area contributed by atoms with E-state index in [1.807, 2.05) is 6.92 Å². The maximum atomic E-state index is 11.1. The number of amides is 1. The average Bonchev–Trinajstić information content (AvgIpc) is 2.08. The fourth-order valence-corrected chi connectivity index (χ4v) is 1.46. The molecular formula is C8H15NO3. The summed E-state index contributed by atoms with van der Waals surface area (Å²) in [6.07, 6.45) is 0.881. The number of likely N-dealkylation sites (tertiary alicyclic amines) is 1. The van der Waals surface area contributed by atoms with Gasteiger partial charge in [0.1, 0.15) is 0 Å². The van der Waals surface area contributed by atoms with E-state index in [0.717, 1.165) is 12.8 Å². The van der Waals surface area contributed by atoms with Gasteiger partial charge in [-0.2, -0.15) is 0 Å². The number of nitrogens with zero attached hydrogens (tertiary/aromatic N) is 1. The summed E-state index contributed by atoms with van der Waals surface area (Å²) in [5.74, 6) is 0. The number of aliphatic hydroxyl groups excluding tert-OH is 1. The second kappa shape index (κ2) is 3.76. The van der Waals surface area contributed by atoms with Gasteiger partial charge in [0.15, 0.2) is 0 Å². The molecule has 1 saturated heterocycles. The molecule has 1 aliphatic rings. The Hall–Kier alpha value is -0.770. The van der Waals surface area contributed by atoms with E-state index < -0.39 is 0 Å². The lowest BCUT2D eigenvalue weighted by atomic mass is 10.0. The summed E-state index contributed by atoms with van der Waals surface area (Å²) < 4.78 is 4.58. The van der Waals surface area contributed by atoms with Gasteiger partial charge in [0.05, 0.1) is 19.8 Å². The largest absolute Gasteiger partial charge is 0.453 e. The average molecular weight is 173 g/mol. The van der Waals surface area contributed by atoms with E-state index in [9.17, 15) is 9.90 Å². The predicted molar refractivity (Wildman–Crippen MR) is 43.8 cm³/mol. The Morgan fingerprint density at radius 2 is 2.25 bits per heavy atom. The first-order valence-corrected chi connectivity index (χ1v) is 4.17. The van der Waals surface area contributed by atoms with E-state index in [-0.39, 0.29) is 18.2 Å². The molecule has 4 heteroatoms. The van der Waals surface area contributed by atoms with Crippen LogP contribution in [-0.2, 0) is 4.74 Å². The highest BCUT2D eigenvalue weighted by Crippen LogP contribution is 2.17. The number of methoxy groups -OCH3 is 1. The number of carbonyl (C=O) groups excluding carboxylic acids is 1. The molecule has 0 radical (unpaired) electrons. The van der Waals surface area contributed by atoms with Crippen molar-refractivity contribution in [3.8, 4) is 0 Å². The fourth-order valence-electron chi connectivity index (χ4n) is 1.46. The molecule has 1 fully saturated rings. The fraction of sp³-hybridized carbons (Fsp3) is 0.875. The second-order valence-corrected chi connectivity index (χ2v) is 3.20. The van der Waals surface area contributed by atoms with Crippen molar-refractivity contribution in [2.24, 2.45) is 0 Å². The van der Waals surface area contributed by atoms with Crippen molar-refractivity contribution in [3.05, 3.63) is 0 Å². The summed E-state index contributed by atoms with van der Waals surface area (Å²) >= 11 is 0. The minimum Gasteiger partial charge on any atom is -0.453 e. The van der Waals surface area contributed by atoms with E-state index in [0.29, 0.717) is 6.54 Å². The van der Waals surface area contributed by atoms with Crippen LogP contribution in [0.5, 0.6) is 0 Å². The van der Waals surface area contributed by atoms with Crippen molar-refractivity contribution in [3.63, 3.8) is 0 Å². The van der Waals surface area contributed by atoms with Crippen LogP contribution in [0.25, 0.3) is 0 Å².